The molecule has 2 unspecified atom stereocenters. The van der Waals surface area contributed by atoms with Crippen LogP contribution in [-0.2, 0) is 6.42 Å². The molecule has 1 fully saturated rings. The van der Waals surface area contributed by atoms with E-state index in [0.717, 1.165) is 6.42 Å². The van der Waals surface area contributed by atoms with Gasteiger partial charge in [-0.3, -0.25) is 11.3 Å². The van der Waals surface area contributed by atoms with Gasteiger partial charge in [0.25, 0.3) is 0 Å². The summed E-state index contributed by atoms with van der Waals surface area (Å²) in [5.41, 5.74) is 6.30. The van der Waals surface area contributed by atoms with E-state index in [1.54, 1.807) is 0 Å². The number of hydrogen-bond donors (Lipinski definition) is 2. The molecule has 112 valence electrons. The first-order valence-corrected chi connectivity index (χ1v) is 7.99. The lowest BCUT2D eigenvalue weighted by molar-refractivity contribution is 0.196. The highest BCUT2D eigenvalue weighted by atomic mass is 15.2. The molecular weight excluding hydrogens is 244 g/mol. The van der Waals surface area contributed by atoms with Gasteiger partial charge >= 0.3 is 0 Å². The summed E-state index contributed by atoms with van der Waals surface area (Å²) in [6, 6.07) is 9.43. The number of nitrogens with two attached hydrogens (primary N) is 1. The molecule has 0 aromatic heterocycles. The second-order valence-corrected chi connectivity index (χ2v) is 7.36. The Hall–Kier alpha value is -0.860. The minimum Gasteiger partial charge on any atom is -0.271 e. The molecule has 0 aliphatic heterocycles. The third-order valence-corrected chi connectivity index (χ3v) is 5.14. The predicted molar refractivity (Wildman–Crippen MR) is 86.5 cm³/mol. The first-order valence-electron chi connectivity index (χ1n) is 7.99. The van der Waals surface area contributed by atoms with Crippen LogP contribution in [0.2, 0.25) is 0 Å². The van der Waals surface area contributed by atoms with Gasteiger partial charge in [-0.1, -0.05) is 58.4 Å². The van der Waals surface area contributed by atoms with Crippen molar-refractivity contribution in [2.24, 2.45) is 17.2 Å². The van der Waals surface area contributed by atoms with Gasteiger partial charge in [0, 0.05) is 6.04 Å². The van der Waals surface area contributed by atoms with E-state index < -0.39 is 0 Å². The molecule has 0 radical (unpaired) electrons. The van der Waals surface area contributed by atoms with Crippen molar-refractivity contribution in [2.45, 2.75) is 65.3 Å². The van der Waals surface area contributed by atoms with Crippen LogP contribution in [0, 0.1) is 11.3 Å². The maximum Gasteiger partial charge on any atom is 0.0284 e. The van der Waals surface area contributed by atoms with Crippen LogP contribution in [0.1, 0.15) is 64.0 Å². The van der Waals surface area contributed by atoms with E-state index in [4.69, 9.17) is 5.84 Å². The van der Waals surface area contributed by atoms with E-state index in [9.17, 15) is 0 Å². The van der Waals surface area contributed by atoms with Crippen molar-refractivity contribution in [3.63, 3.8) is 0 Å². The van der Waals surface area contributed by atoms with Gasteiger partial charge in [-0.15, -0.1) is 0 Å². The van der Waals surface area contributed by atoms with Gasteiger partial charge in [0.05, 0.1) is 0 Å². The average molecular weight is 274 g/mol. The van der Waals surface area contributed by atoms with Gasteiger partial charge in [0.1, 0.15) is 0 Å². The van der Waals surface area contributed by atoms with E-state index in [2.05, 4.69) is 57.4 Å². The third kappa shape index (κ3) is 3.42. The summed E-state index contributed by atoms with van der Waals surface area (Å²) in [4.78, 5) is 0. The standard InChI is InChI=1S/C18H30N2/c1-13(2)15-9-7-14(8-10-15)12-17(20-19)16-6-5-11-18(16,3)4/h7-10,13,16-17,20H,5-6,11-12,19H2,1-4H3. The molecule has 1 aliphatic rings. The lowest BCUT2D eigenvalue weighted by Crippen LogP contribution is -2.45. The van der Waals surface area contributed by atoms with Crippen molar-refractivity contribution in [3.8, 4) is 0 Å². The molecule has 0 saturated heterocycles. The Morgan fingerprint density at radius 2 is 1.90 bits per heavy atom. The SMILES string of the molecule is CC(C)c1ccc(CC(NN)C2CCCC2(C)C)cc1. The molecule has 2 rings (SSSR count). The zero-order chi connectivity index (χ0) is 14.8. The predicted octanol–water partition coefficient (Wildman–Crippen LogP) is 4.01. The summed E-state index contributed by atoms with van der Waals surface area (Å²) < 4.78 is 0. The molecule has 0 amide bonds. The topological polar surface area (TPSA) is 38.0 Å². The van der Waals surface area contributed by atoms with Gasteiger partial charge in [-0.2, -0.15) is 0 Å². The van der Waals surface area contributed by atoms with Crippen molar-refractivity contribution in [2.75, 3.05) is 0 Å². The van der Waals surface area contributed by atoms with Gasteiger partial charge < -0.3 is 0 Å². The highest BCUT2D eigenvalue weighted by Crippen LogP contribution is 2.44. The molecule has 1 aromatic carbocycles. The van der Waals surface area contributed by atoms with E-state index >= 15 is 0 Å². The molecule has 2 nitrogen and oxygen atoms in total. The highest BCUT2D eigenvalue weighted by molar-refractivity contribution is 5.25. The molecule has 1 aliphatic carbocycles. The Morgan fingerprint density at radius 3 is 2.35 bits per heavy atom. The maximum absolute atomic E-state index is 5.85. The lowest BCUT2D eigenvalue weighted by Gasteiger charge is -2.34. The summed E-state index contributed by atoms with van der Waals surface area (Å²) in [5.74, 6) is 7.13. The van der Waals surface area contributed by atoms with Crippen LogP contribution in [0.5, 0.6) is 0 Å². The Labute approximate surface area is 124 Å². The molecule has 0 heterocycles. The van der Waals surface area contributed by atoms with Crippen molar-refractivity contribution < 1.29 is 0 Å². The quantitative estimate of drug-likeness (QED) is 0.629. The van der Waals surface area contributed by atoms with Crippen LogP contribution in [0.4, 0.5) is 0 Å². The second kappa shape index (κ2) is 6.28. The number of rotatable bonds is 5. The smallest absolute Gasteiger partial charge is 0.0284 e. The zero-order valence-corrected chi connectivity index (χ0v) is 13.4. The Bertz CT molecular complexity index is 420. The van der Waals surface area contributed by atoms with Gasteiger partial charge in [-0.25, -0.2) is 0 Å². The fraction of sp³-hybridized carbons (Fsp3) is 0.667. The highest BCUT2D eigenvalue weighted by Gasteiger charge is 2.39. The summed E-state index contributed by atoms with van der Waals surface area (Å²) in [6.07, 6.45) is 4.99. The fourth-order valence-electron chi connectivity index (χ4n) is 3.71. The molecular formula is C18H30N2. The molecule has 3 N–H and O–H groups in total. The minimum absolute atomic E-state index is 0.386. The number of benzene rings is 1. The monoisotopic (exact) mass is 274 g/mol. The Balaban J connectivity index is 2.06. The minimum atomic E-state index is 0.386. The fourth-order valence-corrected chi connectivity index (χ4v) is 3.71. The maximum atomic E-state index is 5.85. The first-order chi connectivity index (χ1) is 9.44. The van der Waals surface area contributed by atoms with Crippen LogP contribution in [0.3, 0.4) is 0 Å². The molecule has 0 spiro atoms. The normalized spacial score (nSPS) is 23.2. The number of hydrazine groups is 1. The van der Waals surface area contributed by atoms with Crippen LogP contribution in [0.15, 0.2) is 24.3 Å². The second-order valence-electron chi connectivity index (χ2n) is 7.36. The van der Waals surface area contributed by atoms with E-state index in [1.807, 2.05) is 0 Å². The van der Waals surface area contributed by atoms with E-state index in [0.29, 0.717) is 23.3 Å². The van der Waals surface area contributed by atoms with Crippen LogP contribution in [-0.4, -0.2) is 6.04 Å². The van der Waals surface area contributed by atoms with Crippen molar-refractivity contribution in [1.29, 1.82) is 0 Å². The summed E-state index contributed by atoms with van der Waals surface area (Å²) in [7, 11) is 0. The van der Waals surface area contributed by atoms with Crippen molar-refractivity contribution in [3.05, 3.63) is 35.4 Å². The van der Waals surface area contributed by atoms with Crippen LogP contribution >= 0.6 is 0 Å². The molecule has 2 heteroatoms. The molecule has 1 aromatic rings. The van der Waals surface area contributed by atoms with Crippen molar-refractivity contribution in [1.82, 2.24) is 5.43 Å². The van der Waals surface area contributed by atoms with Gasteiger partial charge in [0.15, 0.2) is 0 Å². The summed E-state index contributed by atoms with van der Waals surface area (Å²) in [6.45, 7) is 9.24. The lowest BCUT2D eigenvalue weighted by atomic mass is 9.76. The molecule has 20 heavy (non-hydrogen) atoms. The molecule has 0 bridgehead atoms. The number of nitrogens with one attached hydrogen (secondary N) is 1. The largest absolute Gasteiger partial charge is 0.271 e. The number of hydrogen-bond acceptors (Lipinski definition) is 2. The van der Waals surface area contributed by atoms with E-state index in [-0.39, 0.29) is 0 Å². The summed E-state index contributed by atoms with van der Waals surface area (Å²) in [5, 5.41) is 0. The van der Waals surface area contributed by atoms with Gasteiger partial charge in [-0.05, 0) is 47.6 Å². The molecule has 1 saturated carbocycles. The zero-order valence-electron chi connectivity index (χ0n) is 13.4. The first kappa shape index (κ1) is 15.5. The summed E-state index contributed by atoms with van der Waals surface area (Å²) >= 11 is 0. The third-order valence-electron chi connectivity index (χ3n) is 5.14. The Kier molecular flexibility index (Phi) is 4.87. The van der Waals surface area contributed by atoms with E-state index in [1.165, 1.54) is 30.4 Å². The van der Waals surface area contributed by atoms with Crippen LogP contribution < -0.4 is 11.3 Å². The Morgan fingerprint density at radius 1 is 1.25 bits per heavy atom. The van der Waals surface area contributed by atoms with Gasteiger partial charge in [0.2, 0.25) is 0 Å². The molecule has 2 atom stereocenters. The van der Waals surface area contributed by atoms with Crippen LogP contribution in [0.25, 0.3) is 0 Å². The van der Waals surface area contributed by atoms with Crippen molar-refractivity contribution >= 4 is 0 Å². The average Bonchev–Trinajstić information content (AvgIpc) is 2.76.